The zero-order chi connectivity index (χ0) is 25.4. The quantitative estimate of drug-likeness (QED) is 0.255. The Morgan fingerprint density at radius 3 is 1.72 bits per heavy atom. The van der Waals surface area contributed by atoms with Crippen molar-refractivity contribution in [1.29, 1.82) is 0 Å². The number of benzene rings is 4. The van der Waals surface area contributed by atoms with Crippen molar-refractivity contribution in [3.8, 4) is 0 Å². The van der Waals surface area contributed by atoms with Gasteiger partial charge < -0.3 is 10.1 Å². The van der Waals surface area contributed by atoms with E-state index < -0.39 is 23.2 Å². The zero-order valence-electron chi connectivity index (χ0n) is 20.1. The van der Waals surface area contributed by atoms with Crippen molar-refractivity contribution >= 4 is 11.9 Å². The molecule has 1 N–H and O–H groups in total. The van der Waals surface area contributed by atoms with E-state index in [1.807, 2.05) is 91.0 Å². The summed E-state index contributed by atoms with van der Waals surface area (Å²) in [6.07, 6.45) is 0.173. The van der Waals surface area contributed by atoms with Gasteiger partial charge in [-0.05, 0) is 34.4 Å². The fourth-order valence-corrected chi connectivity index (χ4v) is 4.70. The highest BCUT2D eigenvalue weighted by Gasteiger charge is 2.39. The van der Waals surface area contributed by atoms with Crippen LogP contribution in [-0.2, 0) is 26.2 Å². The summed E-state index contributed by atoms with van der Waals surface area (Å²) in [6.45, 7) is 0. The second-order valence-corrected chi connectivity index (χ2v) is 8.66. The van der Waals surface area contributed by atoms with Gasteiger partial charge in [0.15, 0.2) is 0 Å². The second kappa shape index (κ2) is 11.5. The number of carbonyl (C=O) groups excluding carboxylic acids is 2. The molecule has 0 saturated carbocycles. The second-order valence-electron chi connectivity index (χ2n) is 8.66. The van der Waals surface area contributed by atoms with E-state index in [4.69, 9.17) is 4.74 Å². The number of rotatable bonds is 9. The number of methoxy groups -OCH3 is 1. The average molecular weight is 482 g/mol. The maximum atomic E-state index is 13.7. The van der Waals surface area contributed by atoms with Crippen LogP contribution in [0.3, 0.4) is 0 Å². The topological polar surface area (TPSA) is 55.4 Å². The van der Waals surface area contributed by atoms with Gasteiger partial charge in [0.1, 0.15) is 11.9 Å². The molecule has 4 rings (SSSR count). The van der Waals surface area contributed by atoms with Crippen LogP contribution in [0.2, 0.25) is 0 Å². The van der Waals surface area contributed by atoms with E-state index in [1.165, 1.54) is 19.2 Å². The molecule has 0 spiro atoms. The first-order valence-electron chi connectivity index (χ1n) is 11.8. The summed E-state index contributed by atoms with van der Waals surface area (Å²) in [6, 6.07) is 34.6. The minimum Gasteiger partial charge on any atom is -0.467 e. The molecule has 0 heterocycles. The molecule has 0 aliphatic carbocycles. The number of amides is 1. The first-order chi connectivity index (χ1) is 17.5. The standard InChI is InChI=1S/C31H28FNO3/c1-36-30(35)28(21-23-12-11-19-27(32)20-23)33-29(34)22-31(24-13-5-2-6-14-24,25-15-7-3-8-16-25)26-17-9-4-10-18-26/h2-20,28H,21-22H2,1H3,(H,33,34)/t28-/m1/s1. The Bertz CT molecular complexity index is 1200. The van der Waals surface area contributed by atoms with Gasteiger partial charge in [-0.1, -0.05) is 103 Å². The van der Waals surface area contributed by atoms with Gasteiger partial charge in [0.2, 0.25) is 5.91 Å². The van der Waals surface area contributed by atoms with Gasteiger partial charge >= 0.3 is 5.97 Å². The number of ether oxygens (including phenoxy) is 1. The fourth-order valence-electron chi connectivity index (χ4n) is 4.70. The third-order valence-electron chi connectivity index (χ3n) is 6.38. The van der Waals surface area contributed by atoms with Gasteiger partial charge in [0, 0.05) is 12.8 Å². The molecule has 0 aromatic heterocycles. The van der Waals surface area contributed by atoms with Crippen molar-refractivity contribution < 1.29 is 18.7 Å². The van der Waals surface area contributed by atoms with E-state index in [2.05, 4.69) is 5.32 Å². The molecule has 4 nitrogen and oxygen atoms in total. The molecule has 0 saturated heterocycles. The highest BCUT2D eigenvalue weighted by atomic mass is 19.1. The molecular formula is C31H28FNO3. The van der Waals surface area contributed by atoms with Crippen LogP contribution in [-0.4, -0.2) is 25.0 Å². The zero-order valence-corrected chi connectivity index (χ0v) is 20.1. The lowest BCUT2D eigenvalue weighted by Gasteiger charge is -2.36. The Labute approximate surface area is 210 Å². The van der Waals surface area contributed by atoms with Gasteiger partial charge in [0.05, 0.1) is 12.5 Å². The number of carbonyl (C=O) groups is 2. The van der Waals surface area contributed by atoms with E-state index in [9.17, 15) is 14.0 Å². The lowest BCUT2D eigenvalue weighted by atomic mass is 9.67. The van der Waals surface area contributed by atoms with Crippen LogP contribution in [0.4, 0.5) is 4.39 Å². The Kier molecular flexibility index (Phi) is 7.91. The molecule has 0 fully saturated rings. The van der Waals surface area contributed by atoms with Crippen LogP contribution in [0.5, 0.6) is 0 Å². The van der Waals surface area contributed by atoms with Gasteiger partial charge in [-0.15, -0.1) is 0 Å². The first kappa shape index (κ1) is 24.9. The van der Waals surface area contributed by atoms with Crippen LogP contribution in [0, 0.1) is 5.82 Å². The summed E-state index contributed by atoms with van der Waals surface area (Å²) in [5.41, 5.74) is 2.66. The van der Waals surface area contributed by atoms with E-state index >= 15 is 0 Å². The SMILES string of the molecule is COC(=O)[C@@H](Cc1cccc(F)c1)NC(=O)CC(c1ccccc1)(c1ccccc1)c1ccccc1. The molecule has 5 heteroatoms. The molecule has 0 aliphatic rings. The van der Waals surface area contributed by atoms with Crippen molar-refractivity contribution in [3.63, 3.8) is 0 Å². The molecule has 0 radical (unpaired) electrons. The molecule has 182 valence electrons. The minimum absolute atomic E-state index is 0.0572. The third kappa shape index (κ3) is 5.52. The lowest BCUT2D eigenvalue weighted by Crippen LogP contribution is -2.46. The van der Waals surface area contributed by atoms with Gasteiger partial charge in [-0.2, -0.15) is 0 Å². The predicted molar refractivity (Wildman–Crippen MR) is 138 cm³/mol. The molecule has 0 unspecified atom stereocenters. The Morgan fingerprint density at radius 2 is 1.28 bits per heavy atom. The van der Waals surface area contributed by atoms with Crippen LogP contribution in [0.1, 0.15) is 28.7 Å². The number of halogens is 1. The van der Waals surface area contributed by atoms with Gasteiger partial charge in [-0.3, -0.25) is 4.79 Å². The average Bonchev–Trinajstić information content (AvgIpc) is 2.92. The molecule has 0 aliphatic heterocycles. The smallest absolute Gasteiger partial charge is 0.328 e. The third-order valence-corrected chi connectivity index (χ3v) is 6.38. The Morgan fingerprint density at radius 1 is 0.778 bits per heavy atom. The van der Waals surface area contributed by atoms with Gasteiger partial charge in [-0.25, -0.2) is 9.18 Å². The van der Waals surface area contributed by atoms with E-state index in [-0.39, 0.29) is 18.7 Å². The van der Waals surface area contributed by atoms with Crippen molar-refractivity contribution in [2.45, 2.75) is 24.3 Å². The molecule has 4 aromatic carbocycles. The Balaban J connectivity index is 1.73. The Hall–Kier alpha value is -4.25. The van der Waals surface area contributed by atoms with Crippen molar-refractivity contribution in [1.82, 2.24) is 5.32 Å². The van der Waals surface area contributed by atoms with Crippen molar-refractivity contribution in [3.05, 3.63) is 143 Å². The number of hydrogen-bond donors (Lipinski definition) is 1. The number of esters is 1. The summed E-state index contributed by atoms with van der Waals surface area (Å²) in [7, 11) is 1.27. The molecular weight excluding hydrogens is 453 g/mol. The summed E-state index contributed by atoms with van der Waals surface area (Å²) in [5, 5.41) is 2.86. The molecule has 1 amide bonds. The van der Waals surface area contributed by atoms with E-state index in [1.54, 1.807) is 12.1 Å². The normalized spacial score (nSPS) is 11.9. The van der Waals surface area contributed by atoms with Gasteiger partial charge in [0.25, 0.3) is 0 Å². The minimum atomic E-state index is -0.954. The summed E-state index contributed by atoms with van der Waals surface area (Å²) < 4.78 is 18.7. The van der Waals surface area contributed by atoms with Crippen molar-refractivity contribution in [2.75, 3.05) is 7.11 Å². The van der Waals surface area contributed by atoms with E-state index in [0.29, 0.717) is 5.56 Å². The lowest BCUT2D eigenvalue weighted by molar-refractivity contribution is -0.145. The predicted octanol–water partition coefficient (Wildman–Crippen LogP) is 5.45. The van der Waals surface area contributed by atoms with Crippen LogP contribution < -0.4 is 5.32 Å². The summed E-state index contributed by atoms with van der Waals surface area (Å²) in [5.74, 6) is -1.31. The highest BCUT2D eigenvalue weighted by Crippen LogP contribution is 2.42. The van der Waals surface area contributed by atoms with Crippen LogP contribution in [0.15, 0.2) is 115 Å². The monoisotopic (exact) mass is 481 g/mol. The van der Waals surface area contributed by atoms with Crippen LogP contribution in [0.25, 0.3) is 0 Å². The maximum absolute atomic E-state index is 13.7. The van der Waals surface area contributed by atoms with Crippen LogP contribution >= 0.6 is 0 Å². The highest BCUT2D eigenvalue weighted by molar-refractivity contribution is 5.86. The number of hydrogen-bond acceptors (Lipinski definition) is 3. The summed E-state index contributed by atoms with van der Waals surface area (Å²) >= 11 is 0. The molecule has 36 heavy (non-hydrogen) atoms. The molecule has 1 atom stereocenters. The first-order valence-corrected chi connectivity index (χ1v) is 11.8. The van der Waals surface area contributed by atoms with Crippen molar-refractivity contribution in [2.24, 2.45) is 0 Å². The fraction of sp³-hybridized carbons (Fsp3) is 0.161. The largest absolute Gasteiger partial charge is 0.467 e. The molecule has 4 aromatic rings. The number of nitrogens with one attached hydrogen (secondary N) is 1. The molecule has 0 bridgehead atoms. The summed E-state index contributed by atoms with van der Waals surface area (Å²) in [4.78, 5) is 26.3. The van der Waals surface area contributed by atoms with E-state index in [0.717, 1.165) is 16.7 Å². The maximum Gasteiger partial charge on any atom is 0.328 e.